The summed E-state index contributed by atoms with van der Waals surface area (Å²) in [7, 11) is 0. The molecule has 1 aliphatic rings. The van der Waals surface area contributed by atoms with Crippen molar-refractivity contribution in [1.82, 2.24) is 4.90 Å². The molecule has 0 bridgehead atoms. The molecule has 1 fully saturated rings. The van der Waals surface area contributed by atoms with Crippen LogP contribution in [0.3, 0.4) is 0 Å². The second kappa shape index (κ2) is 7.36. The molecular formula is C14H21ClN4O. The Balaban J connectivity index is 1.75. The molecule has 1 heterocycles. The Bertz CT molecular complexity index is 458. The fraction of sp³-hybridized carbons (Fsp3) is 0.500. The van der Waals surface area contributed by atoms with E-state index >= 15 is 0 Å². The summed E-state index contributed by atoms with van der Waals surface area (Å²) in [4.78, 5) is 4.76. The van der Waals surface area contributed by atoms with Gasteiger partial charge in [0.05, 0.1) is 0 Å². The first-order valence-corrected chi connectivity index (χ1v) is 7.26. The quantitative estimate of drug-likeness (QED) is 0.377. The van der Waals surface area contributed by atoms with Crippen molar-refractivity contribution in [2.24, 2.45) is 10.9 Å². The van der Waals surface area contributed by atoms with E-state index in [1.807, 2.05) is 18.2 Å². The van der Waals surface area contributed by atoms with Gasteiger partial charge in [-0.15, -0.1) is 0 Å². The minimum Gasteiger partial charge on any atom is -0.409 e. The van der Waals surface area contributed by atoms with E-state index in [4.69, 9.17) is 22.5 Å². The Kier molecular flexibility index (Phi) is 5.49. The minimum atomic E-state index is 0.308. The highest BCUT2D eigenvalue weighted by Gasteiger charge is 2.16. The third-order valence-electron chi connectivity index (χ3n) is 3.58. The number of halogens is 1. The maximum absolute atomic E-state index is 8.49. The summed E-state index contributed by atoms with van der Waals surface area (Å²) in [6.07, 6.45) is 1.57. The Morgan fingerprint density at radius 2 is 2.05 bits per heavy atom. The molecule has 2 rings (SSSR count). The third kappa shape index (κ3) is 4.28. The average molecular weight is 297 g/mol. The normalized spacial score (nSPS) is 17.4. The summed E-state index contributed by atoms with van der Waals surface area (Å²) in [5.41, 5.74) is 6.65. The van der Waals surface area contributed by atoms with E-state index in [0.717, 1.165) is 44.2 Å². The first kappa shape index (κ1) is 14.9. The predicted molar refractivity (Wildman–Crippen MR) is 82.7 cm³/mol. The van der Waals surface area contributed by atoms with E-state index in [9.17, 15) is 0 Å². The van der Waals surface area contributed by atoms with Crippen LogP contribution in [-0.2, 0) is 0 Å². The van der Waals surface area contributed by atoms with Crippen molar-refractivity contribution < 1.29 is 5.21 Å². The number of nitrogens with zero attached hydrogens (tertiary/aromatic N) is 3. The van der Waals surface area contributed by atoms with E-state index < -0.39 is 0 Å². The van der Waals surface area contributed by atoms with Crippen molar-refractivity contribution in [3.8, 4) is 0 Å². The summed E-state index contributed by atoms with van der Waals surface area (Å²) in [5, 5.41) is 12.3. The molecule has 0 aliphatic carbocycles. The Labute approximate surface area is 124 Å². The highest BCUT2D eigenvalue weighted by molar-refractivity contribution is 6.30. The van der Waals surface area contributed by atoms with Gasteiger partial charge in [-0.2, -0.15) is 0 Å². The van der Waals surface area contributed by atoms with Gasteiger partial charge in [0, 0.05) is 43.3 Å². The number of anilines is 1. The Morgan fingerprint density at radius 1 is 1.30 bits per heavy atom. The van der Waals surface area contributed by atoms with Gasteiger partial charge in [0.25, 0.3) is 0 Å². The Morgan fingerprint density at radius 3 is 2.70 bits per heavy atom. The molecule has 0 radical (unpaired) electrons. The molecular weight excluding hydrogens is 276 g/mol. The van der Waals surface area contributed by atoms with Crippen molar-refractivity contribution in [1.29, 1.82) is 0 Å². The van der Waals surface area contributed by atoms with Gasteiger partial charge < -0.3 is 15.8 Å². The minimum absolute atomic E-state index is 0.308. The maximum Gasteiger partial charge on any atom is 0.139 e. The summed E-state index contributed by atoms with van der Waals surface area (Å²) < 4.78 is 0. The third-order valence-corrected chi connectivity index (χ3v) is 3.82. The molecule has 1 aromatic carbocycles. The summed E-state index contributed by atoms with van der Waals surface area (Å²) in [5.74, 6) is 0.308. The van der Waals surface area contributed by atoms with Crippen LogP contribution in [0.15, 0.2) is 29.4 Å². The van der Waals surface area contributed by atoms with Gasteiger partial charge in [-0.1, -0.05) is 22.8 Å². The van der Waals surface area contributed by atoms with E-state index in [2.05, 4.69) is 21.0 Å². The standard InChI is InChI=1S/C14H21ClN4O/c15-12-3-1-4-13(11-12)19-9-7-18(8-10-19)6-2-5-14(16)17-20/h1,3-4,11,20H,2,5-10H2,(H2,16,17). The zero-order valence-electron chi connectivity index (χ0n) is 11.5. The predicted octanol–water partition coefficient (Wildman–Crippen LogP) is 1.99. The van der Waals surface area contributed by atoms with Crippen LogP contribution in [-0.4, -0.2) is 48.7 Å². The lowest BCUT2D eigenvalue weighted by Gasteiger charge is -2.36. The van der Waals surface area contributed by atoms with E-state index in [1.54, 1.807) is 0 Å². The molecule has 0 unspecified atom stereocenters. The first-order valence-electron chi connectivity index (χ1n) is 6.88. The second-order valence-corrected chi connectivity index (χ2v) is 5.44. The molecule has 20 heavy (non-hydrogen) atoms. The smallest absolute Gasteiger partial charge is 0.139 e. The van der Waals surface area contributed by atoms with E-state index in [1.165, 1.54) is 5.69 Å². The van der Waals surface area contributed by atoms with Crippen LogP contribution in [0.5, 0.6) is 0 Å². The van der Waals surface area contributed by atoms with Crippen molar-refractivity contribution in [3.63, 3.8) is 0 Å². The number of rotatable bonds is 5. The number of nitrogens with two attached hydrogens (primary N) is 1. The van der Waals surface area contributed by atoms with Crippen molar-refractivity contribution in [2.75, 3.05) is 37.6 Å². The van der Waals surface area contributed by atoms with Crippen LogP contribution in [0, 0.1) is 0 Å². The lowest BCUT2D eigenvalue weighted by atomic mass is 10.2. The number of hydrogen-bond donors (Lipinski definition) is 2. The summed E-state index contributed by atoms with van der Waals surface area (Å²) in [6.45, 7) is 5.05. The van der Waals surface area contributed by atoms with Crippen molar-refractivity contribution >= 4 is 23.1 Å². The van der Waals surface area contributed by atoms with Crippen molar-refractivity contribution in [3.05, 3.63) is 29.3 Å². The fourth-order valence-corrected chi connectivity index (χ4v) is 2.62. The molecule has 0 atom stereocenters. The molecule has 3 N–H and O–H groups in total. The maximum atomic E-state index is 8.49. The number of hydrogen-bond acceptors (Lipinski definition) is 4. The number of piperazine rings is 1. The molecule has 1 aromatic rings. The van der Waals surface area contributed by atoms with Crippen LogP contribution in [0.2, 0.25) is 5.02 Å². The van der Waals surface area contributed by atoms with Gasteiger partial charge in [0.15, 0.2) is 0 Å². The van der Waals surface area contributed by atoms with Crippen molar-refractivity contribution in [2.45, 2.75) is 12.8 Å². The zero-order valence-corrected chi connectivity index (χ0v) is 12.3. The highest BCUT2D eigenvalue weighted by Crippen LogP contribution is 2.20. The van der Waals surface area contributed by atoms with Gasteiger partial charge in [-0.25, -0.2) is 0 Å². The molecule has 1 aliphatic heterocycles. The van der Waals surface area contributed by atoms with Gasteiger partial charge in [-0.3, -0.25) is 4.90 Å². The number of oxime groups is 1. The molecule has 0 saturated carbocycles. The van der Waals surface area contributed by atoms with Crippen LogP contribution in [0.4, 0.5) is 5.69 Å². The van der Waals surface area contributed by atoms with Crippen LogP contribution in [0.25, 0.3) is 0 Å². The zero-order chi connectivity index (χ0) is 14.4. The summed E-state index contributed by atoms with van der Waals surface area (Å²) in [6, 6.07) is 7.99. The number of benzene rings is 1. The van der Waals surface area contributed by atoms with Gasteiger partial charge in [0.1, 0.15) is 5.84 Å². The average Bonchev–Trinajstić information content (AvgIpc) is 2.48. The van der Waals surface area contributed by atoms with Crippen LogP contribution >= 0.6 is 11.6 Å². The largest absolute Gasteiger partial charge is 0.409 e. The molecule has 5 nitrogen and oxygen atoms in total. The molecule has 0 spiro atoms. The molecule has 110 valence electrons. The topological polar surface area (TPSA) is 65.1 Å². The Hall–Kier alpha value is -1.46. The molecule has 1 saturated heterocycles. The number of amidine groups is 1. The first-order chi connectivity index (χ1) is 9.69. The SMILES string of the molecule is N/C(CCCN1CCN(c2cccc(Cl)c2)CC1)=N\O. The van der Waals surface area contributed by atoms with E-state index in [0.29, 0.717) is 12.3 Å². The lowest BCUT2D eigenvalue weighted by Crippen LogP contribution is -2.46. The molecule has 0 aromatic heterocycles. The van der Waals surface area contributed by atoms with Gasteiger partial charge in [-0.05, 0) is 31.2 Å². The van der Waals surface area contributed by atoms with Crippen LogP contribution < -0.4 is 10.6 Å². The lowest BCUT2D eigenvalue weighted by molar-refractivity contribution is 0.255. The second-order valence-electron chi connectivity index (χ2n) is 5.00. The monoisotopic (exact) mass is 296 g/mol. The fourth-order valence-electron chi connectivity index (χ4n) is 2.44. The van der Waals surface area contributed by atoms with Gasteiger partial charge >= 0.3 is 0 Å². The van der Waals surface area contributed by atoms with Gasteiger partial charge in [0.2, 0.25) is 0 Å². The molecule has 6 heteroatoms. The highest BCUT2D eigenvalue weighted by atomic mass is 35.5. The summed E-state index contributed by atoms with van der Waals surface area (Å²) >= 11 is 6.02. The van der Waals surface area contributed by atoms with E-state index in [-0.39, 0.29) is 0 Å². The molecule has 0 amide bonds. The van der Waals surface area contributed by atoms with Crippen LogP contribution in [0.1, 0.15) is 12.8 Å².